The fourth-order valence-electron chi connectivity index (χ4n) is 4.97. The van der Waals surface area contributed by atoms with Crippen LogP contribution in [-0.4, -0.2) is 26.2 Å². The van der Waals surface area contributed by atoms with Crippen molar-refractivity contribution in [2.45, 2.75) is 66.2 Å². The lowest BCUT2D eigenvalue weighted by atomic mass is 9.51. The maximum atomic E-state index is 12.5. The molecule has 0 amide bonds. The van der Waals surface area contributed by atoms with Crippen molar-refractivity contribution in [1.82, 2.24) is 0 Å². The summed E-state index contributed by atoms with van der Waals surface area (Å²) < 4.78 is 9.95. The molecule has 0 N–H and O–H groups in total. The molecule has 0 aromatic heterocycles. The van der Waals surface area contributed by atoms with Crippen LogP contribution in [-0.2, 0) is 19.1 Å². The van der Waals surface area contributed by atoms with Crippen LogP contribution in [0.3, 0.4) is 0 Å². The highest BCUT2D eigenvalue weighted by Gasteiger charge is 2.52. The summed E-state index contributed by atoms with van der Waals surface area (Å²) in [4.78, 5) is 22.8. The van der Waals surface area contributed by atoms with Gasteiger partial charge in [-0.1, -0.05) is 31.1 Å². The first-order chi connectivity index (χ1) is 12.3. The first kappa shape index (κ1) is 20.7. The van der Waals surface area contributed by atoms with Crippen molar-refractivity contribution in [2.75, 3.05) is 13.7 Å². The molecule has 146 valence electrons. The number of ether oxygens (including phenoxy) is 2. The van der Waals surface area contributed by atoms with E-state index in [9.17, 15) is 9.59 Å². The summed E-state index contributed by atoms with van der Waals surface area (Å²) in [5.74, 6) is 0.809. The minimum Gasteiger partial charge on any atom is -0.469 e. The molecule has 0 aromatic carbocycles. The van der Waals surface area contributed by atoms with Crippen LogP contribution in [0.5, 0.6) is 0 Å². The number of methoxy groups -OCH3 is 1. The van der Waals surface area contributed by atoms with Crippen LogP contribution in [0, 0.1) is 22.7 Å². The highest BCUT2D eigenvalue weighted by molar-refractivity contribution is 5.77. The molecule has 4 unspecified atom stereocenters. The second-order valence-corrected chi connectivity index (χ2v) is 8.54. The number of carbonyl (C=O) groups excluding carboxylic acids is 2. The van der Waals surface area contributed by atoms with E-state index in [1.165, 1.54) is 18.3 Å². The molecule has 0 heterocycles. The van der Waals surface area contributed by atoms with E-state index >= 15 is 0 Å². The maximum Gasteiger partial charge on any atom is 0.312 e. The van der Waals surface area contributed by atoms with Gasteiger partial charge in [-0.2, -0.15) is 0 Å². The summed E-state index contributed by atoms with van der Waals surface area (Å²) in [6, 6.07) is 0. The molecule has 2 aliphatic rings. The van der Waals surface area contributed by atoms with Gasteiger partial charge in [-0.05, 0) is 75.7 Å². The van der Waals surface area contributed by atoms with Gasteiger partial charge in [0.2, 0.25) is 0 Å². The van der Waals surface area contributed by atoms with E-state index < -0.39 is 5.41 Å². The van der Waals surface area contributed by atoms with Crippen LogP contribution in [0.1, 0.15) is 66.2 Å². The number of rotatable bonds is 7. The van der Waals surface area contributed by atoms with E-state index in [0.717, 1.165) is 38.5 Å². The summed E-state index contributed by atoms with van der Waals surface area (Å²) >= 11 is 0. The topological polar surface area (TPSA) is 52.6 Å². The molecule has 1 saturated carbocycles. The molecule has 0 aromatic rings. The van der Waals surface area contributed by atoms with Crippen LogP contribution >= 0.6 is 0 Å². The Hall–Kier alpha value is -1.58. The molecule has 2 aliphatic carbocycles. The lowest BCUT2D eigenvalue weighted by Gasteiger charge is -2.53. The molecule has 0 saturated heterocycles. The number of carbonyl (C=O) groups is 2. The van der Waals surface area contributed by atoms with Crippen molar-refractivity contribution in [3.63, 3.8) is 0 Å². The van der Waals surface area contributed by atoms with E-state index in [1.54, 1.807) is 0 Å². The maximum absolute atomic E-state index is 12.5. The van der Waals surface area contributed by atoms with Crippen LogP contribution < -0.4 is 0 Å². The predicted molar refractivity (Wildman–Crippen MR) is 102 cm³/mol. The zero-order chi connectivity index (χ0) is 19.4. The van der Waals surface area contributed by atoms with E-state index in [1.807, 2.05) is 6.08 Å². The monoisotopic (exact) mass is 362 g/mol. The normalized spacial score (nSPS) is 34.5. The first-order valence-electron chi connectivity index (χ1n) is 9.79. The molecule has 4 heteroatoms. The van der Waals surface area contributed by atoms with Gasteiger partial charge in [0.25, 0.3) is 6.47 Å². The van der Waals surface area contributed by atoms with Crippen molar-refractivity contribution in [2.24, 2.45) is 22.7 Å². The van der Waals surface area contributed by atoms with Crippen LogP contribution in [0.4, 0.5) is 0 Å². The van der Waals surface area contributed by atoms with Gasteiger partial charge >= 0.3 is 5.97 Å². The van der Waals surface area contributed by atoms with Crippen LogP contribution in [0.25, 0.3) is 0 Å². The van der Waals surface area contributed by atoms with Crippen LogP contribution in [0.2, 0.25) is 0 Å². The lowest BCUT2D eigenvalue weighted by molar-refractivity contribution is -0.156. The number of hydrogen-bond donors (Lipinski definition) is 0. The van der Waals surface area contributed by atoms with Gasteiger partial charge in [0, 0.05) is 0 Å². The molecule has 26 heavy (non-hydrogen) atoms. The minimum absolute atomic E-state index is 0.0629. The quantitative estimate of drug-likeness (QED) is 0.281. The lowest BCUT2D eigenvalue weighted by Crippen LogP contribution is -2.47. The van der Waals surface area contributed by atoms with Gasteiger partial charge in [-0.15, -0.1) is 0 Å². The number of hydrogen-bond acceptors (Lipinski definition) is 4. The molecule has 0 bridgehead atoms. The predicted octanol–water partition coefficient (Wildman–Crippen LogP) is 4.84. The third-order valence-electron chi connectivity index (χ3n) is 7.09. The number of esters is 1. The largest absolute Gasteiger partial charge is 0.469 e. The summed E-state index contributed by atoms with van der Waals surface area (Å²) in [5, 5.41) is 0. The SMILES string of the molecule is COC(=O)C1(C)CCC=C2C1CCC(C)C2(C)CCC(C)=CCOC=O. The van der Waals surface area contributed by atoms with Crippen molar-refractivity contribution >= 4 is 12.4 Å². The molecular weight excluding hydrogens is 328 g/mol. The Morgan fingerprint density at radius 1 is 1.35 bits per heavy atom. The van der Waals surface area contributed by atoms with Gasteiger partial charge in [0.15, 0.2) is 0 Å². The minimum atomic E-state index is -0.400. The zero-order valence-corrected chi connectivity index (χ0v) is 17.0. The smallest absolute Gasteiger partial charge is 0.312 e. The molecule has 0 spiro atoms. The standard InChI is InChI=1S/C22H34O4/c1-16(11-14-26-15-23)10-13-21(3)17(2)8-9-19-18(21)7-6-12-22(19,4)20(24)25-5/h7,11,15,17,19H,6,8-10,12-14H2,1-5H3. The summed E-state index contributed by atoms with van der Waals surface area (Å²) in [7, 11) is 1.51. The van der Waals surface area contributed by atoms with Crippen molar-refractivity contribution in [3.05, 3.63) is 23.3 Å². The molecule has 4 atom stereocenters. The van der Waals surface area contributed by atoms with Gasteiger partial charge in [0.1, 0.15) is 6.61 Å². The fraction of sp³-hybridized carbons (Fsp3) is 0.727. The number of fused-ring (bicyclic) bond motifs is 1. The Morgan fingerprint density at radius 2 is 2.08 bits per heavy atom. The van der Waals surface area contributed by atoms with E-state index in [4.69, 9.17) is 9.47 Å². The van der Waals surface area contributed by atoms with E-state index in [2.05, 4.69) is 33.8 Å². The summed E-state index contributed by atoms with van der Waals surface area (Å²) in [5.41, 5.74) is 2.41. The third-order valence-corrected chi connectivity index (χ3v) is 7.09. The Bertz CT molecular complexity index is 591. The van der Waals surface area contributed by atoms with Gasteiger partial charge in [0.05, 0.1) is 12.5 Å². The molecular formula is C22H34O4. The highest BCUT2D eigenvalue weighted by atomic mass is 16.5. The van der Waals surface area contributed by atoms with E-state index in [-0.39, 0.29) is 17.3 Å². The average Bonchev–Trinajstić information content (AvgIpc) is 2.63. The molecule has 0 aliphatic heterocycles. The third kappa shape index (κ3) is 3.89. The Balaban J connectivity index is 2.21. The van der Waals surface area contributed by atoms with Crippen LogP contribution in [0.15, 0.2) is 23.3 Å². The van der Waals surface area contributed by atoms with Gasteiger partial charge in [-0.25, -0.2) is 0 Å². The van der Waals surface area contributed by atoms with Crippen molar-refractivity contribution in [1.29, 1.82) is 0 Å². The second-order valence-electron chi connectivity index (χ2n) is 8.54. The second kappa shape index (κ2) is 8.41. The van der Waals surface area contributed by atoms with Crippen molar-refractivity contribution < 1.29 is 19.1 Å². The number of allylic oxidation sites excluding steroid dienone is 3. The van der Waals surface area contributed by atoms with Gasteiger partial charge < -0.3 is 9.47 Å². The fourth-order valence-corrected chi connectivity index (χ4v) is 4.97. The zero-order valence-electron chi connectivity index (χ0n) is 17.0. The van der Waals surface area contributed by atoms with Crippen molar-refractivity contribution in [3.8, 4) is 0 Å². The van der Waals surface area contributed by atoms with E-state index in [0.29, 0.717) is 19.0 Å². The highest BCUT2D eigenvalue weighted by Crippen LogP contribution is 2.58. The molecule has 0 radical (unpaired) electrons. The average molecular weight is 363 g/mol. The Morgan fingerprint density at radius 3 is 2.73 bits per heavy atom. The first-order valence-corrected chi connectivity index (χ1v) is 9.79. The van der Waals surface area contributed by atoms with Gasteiger partial charge in [-0.3, -0.25) is 9.59 Å². The molecule has 1 fully saturated rings. The molecule has 4 nitrogen and oxygen atoms in total. The molecule has 2 rings (SSSR count). The summed E-state index contributed by atoms with van der Waals surface area (Å²) in [6.07, 6.45) is 10.4. The Kier molecular flexibility index (Phi) is 6.70. The summed E-state index contributed by atoms with van der Waals surface area (Å²) in [6.45, 7) is 9.72. The Labute approximate surface area is 158 Å².